The van der Waals surface area contributed by atoms with Gasteiger partial charge in [0.25, 0.3) is 5.91 Å². The topological polar surface area (TPSA) is 75.9 Å². The number of fused-ring (bicyclic) bond motifs is 1. The van der Waals surface area contributed by atoms with Crippen molar-refractivity contribution >= 4 is 11.9 Å². The second kappa shape index (κ2) is 8.60. The largest absolute Gasteiger partial charge is 0.472 e. The Morgan fingerprint density at radius 3 is 2.90 bits per heavy atom. The lowest BCUT2D eigenvalue weighted by Gasteiger charge is -2.31. The third-order valence-corrected chi connectivity index (χ3v) is 6.33. The number of amides is 1. The van der Waals surface area contributed by atoms with E-state index < -0.39 is 5.41 Å². The maximum Gasteiger partial charge on any atom is 0.313 e. The van der Waals surface area contributed by atoms with Crippen LogP contribution in [0.25, 0.3) is 0 Å². The van der Waals surface area contributed by atoms with E-state index in [1.807, 2.05) is 36.9 Å². The van der Waals surface area contributed by atoms with Crippen LogP contribution in [0.2, 0.25) is 0 Å². The lowest BCUT2D eigenvalue weighted by molar-refractivity contribution is -0.157. The van der Waals surface area contributed by atoms with Gasteiger partial charge in [-0.1, -0.05) is 6.07 Å². The van der Waals surface area contributed by atoms with Crippen LogP contribution in [0.15, 0.2) is 41.2 Å². The molecule has 2 aliphatic rings. The Balaban J connectivity index is 1.57. The second-order valence-corrected chi connectivity index (χ2v) is 8.38. The molecule has 1 amide bonds. The van der Waals surface area contributed by atoms with Gasteiger partial charge in [0.1, 0.15) is 6.26 Å². The number of hydrogen-bond acceptors (Lipinski definition) is 6. The molecule has 0 spiro atoms. The lowest BCUT2D eigenvalue weighted by Crippen LogP contribution is -2.43. The summed E-state index contributed by atoms with van der Waals surface area (Å²) in [7, 11) is 0. The molecule has 4 heterocycles. The molecule has 0 aromatic carbocycles. The highest BCUT2D eigenvalue weighted by atomic mass is 16.5. The van der Waals surface area contributed by atoms with Gasteiger partial charge in [-0.2, -0.15) is 0 Å². The van der Waals surface area contributed by atoms with Gasteiger partial charge in [-0.25, -0.2) is 0 Å². The van der Waals surface area contributed by atoms with Crippen LogP contribution in [0.3, 0.4) is 0 Å². The van der Waals surface area contributed by atoms with Crippen molar-refractivity contribution in [1.82, 2.24) is 14.8 Å². The Labute approximate surface area is 177 Å². The minimum Gasteiger partial charge on any atom is -0.472 e. The summed E-state index contributed by atoms with van der Waals surface area (Å²) in [6, 6.07) is 7.71. The van der Waals surface area contributed by atoms with Crippen LogP contribution in [0.4, 0.5) is 0 Å². The molecule has 0 N–H and O–H groups in total. The highest BCUT2D eigenvalue weighted by molar-refractivity contribution is 5.94. The zero-order chi connectivity index (χ0) is 21.1. The number of esters is 1. The highest BCUT2D eigenvalue weighted by Gasteiger charge is 2.54. The third kappa shape index (κ3) is 3.99. The molecule has 30 heavy (non-hydrogen) atoms. The number of aryl methyl sites for hydroxylation is 1. The molecule has 2 fully saturated rings. The zero-order valence-corrected chi connectivity index (χ0v) is 17.7. The summed E-state index contributed by atoms with van der Waals surface area (Å²) in [5.41, 5.74) is 1.96. The predicted octanol–water partition coefficient (Wildman–Crippen LogP) is 2.90. The first kappa shape index (κ1) is 20.6. The number of rotatable bonds is 5. The molecule has 0 unspecified atom stereocenters. The number of carbonyl (C=O) groups excluding carboxylic acids is 2. The van der Waals surface area contributed by atoms with Gasteiger partial charge in [-0.05, 0) is 44.9 Å². The molecular weight excluding hydrogens is 382 g/mol. The molecule has 0 bridgehead atoms. The number of likely N-dealkylation sites (tertiary alicyclic amines) is 2. The number of nitrogens with zero attached hydrogens (tertiary/aromatic N) is 3. The molecule has 160 valence electrons. The molecule has 4 rings (SSSR count). The van der Waals surface area contributed by atoms with Crippen molar-refractivity contribution in [3.05, 3.63) is 53.7 Å². The van der Waals surface area contributed by atoms with Crippen molar-refractivity contribution in [3.63, 3.8) is 0 Å². The molecule has 0 radical (unpaired) electrons. The van der Waals surface area contributed by atoms with Gasteiger partial charge >= 0.3 is 5.97 Å². The van der Waals surface area contributed by atoms with E-state index >= 15 is 0 Å². The van der Waals surface area contributed by atoms with Crippen molar-refractivity contribution in [2.45, 2.75) is 33.2 Å². The molecule has 0 saturated carbocycles. The minimum absolute atomic E-state index is 0.0275. The van der Waals surface area contributed by atoms with E-state index in [2.05, 4.69) is 9.88 Å². The monoisotopic (exact) mass is 411 g/mol. The zero-order valence-electron chi connectivity index (χ0n) is 17.7. The number of aromatic nitrogens is 1. The number of furan rings is 1. The van der Waals surface area contributed by atoms with Crippen LogP contribution in [0, 0.1) is 18.3 Å². The normalized spacial score (nSPS) is 24.3. The Morgan fingerprint density at radius 1 is 1.30 bits per heavy atom. The Hall–Kier alpha value is -2.67. The summed E-state index contributed by atoms with van der Waals surface area (Å²) in [5, 5.41) is 0. The first-order chi connectivity index (χ1) is 14.5. The van der Waals surface area contributed by atoms with E-state index in [9.17, 15) is 9.59 Å². The SMILES string of the molecule is CCOC(=O)[C@]12CCCN(C(=O)c3ccoc3)C[C@H]1CN(Cc1cccc(C)n1)C2. The van der Waals surface area contributed by atoms with E-state index in [4.69, 9.17) is 9.15 Å². The summed E-state index contributed by atoms with van der Waals surface area (Å²) in [4.78, 5) is 34.8. The predicted molar refractivity (Wildman–Crippen MR) is 111 cm³/mol. The second-order valence-electron chi connectivity index (χ2n) is 8.38. The van der Waals surface area contributed by atoms with Crippen LogP contribution >= 0.6 is 0 Å². The maximum atomic E-state index is 13.1. The molecule has 2 aliphatic heterocycles. The van der Waals surface area contributed by atoms with Crippen molar-refractivity contribution in [2.24, 2.45) is 11.3 Å². The van der Waals surface area contributed by atoms with Gasteiger partial charge in [-0.15, -0.1) is 0 Å². The summed E-state index contributed by atoms with van der Waals surface area (Å²) in [6.07, 6.45) is 4.50. The number of pyridine rings is 1. The summed E-state index contributed by atoms with van der Waals surface area (Å²) in [6.45, 7) is 7.44. The standard InChI is InChI=1S/C23H29N3O4/c1-3-30-22(28)23-9-5-10-26(21(27)18-8-11-29-15-18)13-19(23)12-25(16-23)14-20-7-4-6-17(2)24-20/h4,6-8,11,15,19H,3,5,9-10,12-14,16H2,1-2H3/t19-,23+/m1/s1. The quantitative estimate of drug-likeness (QED) is 0.704. The molecule has 2 aromatic rings. The number of carbonyl (C=O) groups is 2. The van der Waals surface area contributed by atoms with Gasteiger partial charge in [0, 0.05) is 44.3 Å². The van der Waals surface area contributed by atoms with Crippen molar-refractivity contribution in [3.8, 4) is 0 Å². The van der Waals surface area contributed by atoms with Crippen LogP contribution in [-0.2, 0) is 16.1 Å². The fourth-order valence-electron chi connectivity index (χ4n) is 4.94. The van der Waals surface area contributed by atoms with E-state index in [1.54, 1.807) is 6.07 Å². The van der Waals surface area contributed by atoms with Gasteiger partial charge < -0.3 is 14.1 Å². The van der Waals surface area contributed by atoms with E-state index in [-0.39, 0.29) is 17.8 Å². The molecule has 7 heteroatoms. The van der Waals surface area contributed by atoms with Gasteiger partial charge in [-0.3, -0.25) is 19.5 Å². The van der Waals surface area contributed by atoms with Crippen molar-refractivity contribution < 1.29 is 18.7 Å². The fourth-order valence-corrected chi connectivity index (χ4v) is 4.94. The fraction of sp³-hybridized carbons (Fsp3) is 0.522. The van der Waals surface area contributed by atoms with Crippen LogP contribution < -0.4 is 0 Å². The van der Waals surface area contributed by atoms with Crippen LogP contribution in [-0.4, -0.2) is 59.4 Å². The van der Waals surface area contributed by atoms with Crippen LogP contribution in [0.5, 0.6) is 0 Å². The van der Waals surface area contributed by atoms with Gasteiger partial charge in [0.05, 0.1) is 29.5 Å². The lowest BCUT2D eigenvalue weighted by atomic mass is 9.75. The van der Waals surface area contributed by atoms with Gasteiger partial charge in [0.2, 0.25) is 0 Å². The van der Waals surface area contributed by atoms with E-state index in [0.717, 1.165) is 30.8 Å². The maximum absolute atomic E-state index is 13.1. The molecule has 2 aromatic heterocycles. The Morgan fingerprint density at radius 2 is 2.17 bits per heavy atom. The van der Waals surface area contributed by atoms with Crippen LogP contribution in [0.1, 0.15) is 41.5 Å². The Kier molecular flexibility index (Phi) is 5.90. The molecule has 2 saturated heterocycles. The first-order valence-electron chi connectivity index (χ1n) is 10.7. The molecule has 2 atom stereocenters. The number of ether oxygens (including phenoxy) is 1. The molecule has 0 aliphatic carbocycles. The highest BCUT2D eigenvalue weighted by Crippen LogP contribution is 2.44. The summed E-state index contributed by atoms with van der Waals surface area (Å²) < 4.78 is 10.6. The van der Waals surface area contributed by atoms with Crippen molar-refractivity contribution in [2.75, 3.05) is 32.8 Å². The minimum atomic E-state index is -0.578. The van der Waals surface area contributed by atoms with E-state index in [1.165, 1.54) is 12.5 Å². The third-order valence-electron chi connectivity index (χ3n) is 6.33. The summed E-state index contributed by atoms with van der Waals surface area (Å²) >= 11 is 0. The smallest absolute Gasteiger partial charge is 0.313 e. The Bertz CT molecular complexity index is 898. The average Bonchev–Trinajstić information content (AvgIpc) is 3.33. The first-order valence-corrected chi connectivity index (χ1v) is 10.7. The number of hydrogen-bond donors (Lipinski definition) is 0. The average molecular weight is 412 g/mol. The summed E-state index contributed by atoms with van der Waals surface area (Å²) in [5.74, 6) is -0.144. The van der Waals surface area contributed by atoms with Gasteiger partial charge in [0.15, 0.2) is 0 Å². The molecule has 7 nitrogen and oxygen atoms in total. The van der Waals surface area contributed by atoms with Crippen molar-refractivity contribution in [1.29, 1.82) is 0 Å². The molecular formula is C23H29N3O4. The van der Waals surface area contributed by atoms with E-state index in [0.29, 0.717) is 38.3 Å².